The van der Waals surface area contributed by atoms with Gasteiger partial charge in [-0.25, -0.2) is 0 Å². The minimum absolute atomic E-state index is 0.0847. The fraction of sp³-hybridized carbons (Fsp3) is 0.188. The van der Waals surface area contributed by atoms with Gasteiger partial charge in [-0.15, -0.1) is 0 Å². The van der Waals surface area contributed by atoms with Gasteiger partial charge in [0.25, 0.3) is 5.69 Å². The molecule has 7 nitrogen and oxygen atoms in total. The van der Waals surface area contributed by atoms with E-state index in [4.69, 9.17) is 15.6 Å². The molecular formula is C16H13F3N2O5. The Kier molecular flexibility index (Phi) is 5.46. The Labute approximate surface area is 145 Å². The Balaban J connectivity index is 2.50. The molecule has 0 spiro atoms. The highest BCUT2D eigenvalue weighted by atomic mass is 19.4. The summed E-state index contributed by atoms with van der Waals surface area (Å²) in [5, 5.41) is 19.8. The van der Waals surface area contributed by atoms with Crippen LogP contribution in [-0.4, -0.2) is 16.0 Å². The van der Waals surface area contributed by atoms with E-state index in [9.17, 15) is 28.1 Å². The summed E-state index contributed by atoms with van der Waals surface area (Å²) in [6.07, 6.45) is -5.26. The quantitative estimate of drug-likeness (QED) is 0.589. The lowest BCUT2D eigenvalue weighted by molar-refractivity contribution is -0.385. The van der Waals surface area contributed by atoms with E-state index in [1.54, 1.807) is 0 Å². The fourth-order valence-corrected chi connectivity index (χ4v) is 2.24. The molecule has 0 aliphatic rings. The van der Waals surface area contributed by atoms with Gasteiger partial charge in [0.15, 0.2) is 0 Å². The second-order valence-electron chi connectivity index (χ2n) is 5.28. The molecule has 0 aliphatic carbocycles. The van der Waals surface area contributed by atoms with Crippen LogP contribution in [-0.2, 0) is 11.0 Å². The van der Waals surface area contributed by atoms with Crippen molar-refractivity contribution >= 4 is 11.7 Å². The number of alkyl halides is 3. The van der Waals surface area contributed by atoms with Crippen molar-refractivity contribution in [2.75, 3.05) is 0 Å². The van der Waals surface area contributed by atoms with Crippen LogP contribution in [0.4, 0.5) is 18.9 Å². The monoisotopic (exact) mass is 370 g/mol. The van der Waals surface area contributed by atoms with Crippen molar-refractivity contribution in [3.63, 3.8) is 0 Å². The summed E-state index contributed by atoms with van der Waals surface area (Å²) >= 11 is 0. The standard InChI is InChI=1S/C16H13F3N2O5/c17-16(18,19)11-3-1-2-4-14(11)26-13-6-5-9(21(24)25)7-10(13)12(20)8-15(22)23/h1-7,12H,8,20H2,(H,22,23). The van der Waals surface area contributed by atoms with Crippen molar-refractivity contribution in [1.29, 1.82) is 0 Å². The second-order valence-corrected chi connectivity index (χ2v) is 5.28. The van der Waals surface area contributed by atoms with Crippen molar-refractivity contribution in [2.24, 2.45) is 5.73 Å². The second kappa shape index (κ2) is 7.40. The topological polar surface area (TPSA) is 116 Å². The number of non-ortho nitro benzene ring substituents is 1. The van der Waals surface area contributed by atoms with Crippen LogP contribution in [0.5, 0.6) is 11.5 Å². The molecule has 2 aromatic carbocycles. The van der Waals surface area contributed by atoms with Crippen LogP contribution in [0.1, 0.15) is 23.6 Å². The Morgan fingerprint density at radius 2 is 1.88 bits per heavy atom. The number of para-hydroxylation sites is 1. The van der Waals surface area contributed by atoms with Crippen LogP contribution in [0, 0.1) is 10.1 Å². The molecule has 0 aromatic heterocycles. The zero-order chi connectivity index (χ0) is 19.5. The number of ether oxygens (including phenoxy) is 1. The number of nitro benzene ring substituents is 1. The molecular weight excluding hydrogens is 357 g/mol. The summed E-state index contributed by atoms with van der Waals surface area (Å²) in [4.78, 5) is 21.0. The molecule has 0 heterocycles. The first-order valence-electron chi connectivity index (χ1n) is 7.19. The van der Waals surface area contributed by atoms with Crippen molar-refractivity contribution in [1.82, 2.24) is 0 Å². The molecule has 10 heteroatoms. The van der Waals surface area contributed by atoms with Crippen LogP contribution in [0.2, 0.25) is 0 Å². The SMILES string of the molecule is NC(CC(=O)O)c1cc([N+](=O)[O-])ccc1Oc1ccccc1C(F)(F)F. The van der Waals surface area contributed by atoms with E-state index in [0.29, 0.717) is 0 Å². The highest BCUT2D eigenvalue weighted by molar-refractivity contribution is 5.68. The highest BCUT2D eigenvalue weighted by Gasteiger charge is 2.34. The summed E-state index contributed by atoms with van der Waals surface area (Å²) in [6.45, 7) is 0. The number of aliphatic carboxylic acids is 1. The number of carbonyl (C=O) groups is 1. The molecule has 0 saturated carbocycles. The molecule has 0 bridgehead atoms. The molecule has 2 rings (SSSR count). The lowest BCUT2D eigenvalue weighted by atomic mass is 10.0. The van der Waals surface area contributed by atoms with Crippen LogP contribution < -0.4 is 10.5 Å². The largest absolute Gasteiger partial charge is 0.481 e. The number of benzene rings is 2. The molecule has 1 atom stereocenters. The van der Waals surface area contributed by atoms with Crippen LogP contribution >= 0.6 is 0 Å². The number of carboxylic acids is 1. The molecule has 26 heavy (non-hydrogen) atoms. The number of nitrogens with two attached hydrogens (primary N) is 1. The first-order chi connectivity index (χ1) is 12.1. The van der Waals surface area contributed by atoms with Gasteiger partial charge in [0.2, 0.25) is 0 Å². The minimum atomic E-state index is -4.68. The Morgan fingerprint density at radius 3 is 2.46 bits per heavy atom. The van der Waals surface area contributed by atoms with Crippen LogP contribution in [0.25, 0.3) is 0 Å². The van der Waals surface area contributed by atoms with Gasteiger partial charge in [0, 0.05) is 23.7 Å². The van der Waals surface area contributed by atoms with Crippen molar-refractivity contribution in [3.05, 3.63) is 63.7 Å². The van der Waals surface area contributed by atoms with Crippen molar-refractivity contribution < 1.29 is 32.7 Å². The van der Waals surface area contributed by atoms with Gasteiger partial charge < -0.3 is 15.6 Å². The van der Waals surface area contributed by atoms with E-state index >= 15 is 0 Å². The summed E-state index contributed by atoms with van der Waals surface area (Å²) in [5.41, 5.74) is 4.22. The third-order valence-electron chi connectivity index (χ3n) is 3.41. The molecule has 0 amide bonds. The van der Waals surface area contributed by atoms with Gasteiger partial charge in [-0.1, -0.05) is 12.1 Å². The molecule has 0 saturated heterocycles. The van der Waals surface area contributed by atoms with Crippen LogP contribution in [0.3, 0.4) is 0 Å². The third kappa shape index (κ3) is 4.48. The average Bonchev–Trinajstić information content (AvgIpc) is 2.53. The maximum Gasteiger partial charge on any atom is 0.419 e. The fourth-order valence-electron chi connectivity index (χ4n) is 2.24. The zero-order valence-electron chi connectivity index (χ0n) is 13.1. The van der Waals surface area contributed by atoms with E-state index < -0.39 is 46.5 Å². The highest BCUT2D eigenvalue weighted by Crippen LogP contribution is 2.40. The predicted molar refractivity (Wildman–Crippen MR) is 83.8 cm³/mol. The van der Waals surface area contributed by atoms with Crippen LogP contribution in [0.15, 0.2) is 42.5 Å². The Bertz CT molecular complexity index is 839. The van der Waals surface area contributed by atoms with E-state index in [1.807, 2.05) is 0 Å². The summed E-state index contributed by atoms with van der Waals surface area (Å²) in [7, 11) is 0. The first kappa shape index (κ1) is 19.2. The third-order valence-corrected chi connectivity index (χ3v) is 3.41. The van der Waals surface area contributed by atoms with E-state index in [1.165, 1.54) is 12.1 Å². The van der Waals surface area contributed by atoms with E-state index in [-0.39, 0.29) is 11.3 Å². The van der Waals surface area contributed by atoms with Gasteiger partial charge in [-0.2, -0.15) is 13.2 Å². The van der Waals surface area contributed by atoms with Crippen molar-refractivity contribution in [2.45, 2.75) is 18.6 Å². The number of nitrogens with zero attached hydrogens (tertiary/aromatic N) is 1. The Hall–Kier alpha value is -3.14. The van der Waals surface area contributed by atoms with Gasteiger partial charge >= 0.3 is 12.1 Å². The maximum atomic E-state index is 13.1. The van der Waals surface area contributed by atoms with Gasteiger partial charge in [0.1, 0.15) is 11.5 Å². The minimum Gasteiger partial charge on any atom is -0.481 e. The lowest BCUT2D eigenvalue weighted by Crippen LogP contribution is -2.16. The lowest BCUT2D eigenvalue weighted by Gasteiger charge is -2.18. The summed E-state index contributed by atoms with van der Waals surface area (Å²) in [5.74, 6) is -2.00. The number of hydrogen-bond donors (Lipinski definition) is 2. The molecule has 2 aromatic rings. The number of hydrogen-bond acceptors (Lipinski definition) is 5. The molecule has 0 fully saturated rings. The number of carboxylic acid groups (broad SMARTS) is 1. The molecule has 1 unspecified atom stereocenters. The summed E-state index contributed by atoms with van der Waals surface area (Å²) in [6, 6.07) is 6.30. The van der Waals surface area contributed by atoms with Gasteiger partial charge in [-0.05, 0) is 18.2 Å². The van der Waals surface area contributed by atoms with E-state index in [2.05, 4.69) is 0 Å². The smallest absolute Gasteiger partial charge is 0.419 e. The van der Waals surface area contributed by atoms with E-state index in [0.717, 1.165) is 30.3 Å². The molecule has 138 valence electrons. The number of nitro groups is 1. The van der Waals surface area contributed by atoms with Crippen molar-refractivity contribution in [3.8, 4) is 11.5 Å². The van der Waals surface area contributed by atoms with Gasteiger partial charge in [0.05, 0.1) is 16.9 Å². The number of halogens is 3. The van der Waals surface area contributed by atoms with Gasteiger partial charge in [-0.3, -0.25) is 14.9 Å². The zero-order valence-corrected chi connectivity index (χ0v) is 13.1. The Morgan fingerprint density at radius 1 is 1.23 bits per heavy atom. The average molecular weight is 370 g/mol. The normalized spacial score (nSPS) is 12.5. The summed E-state index contributed by atoms with van der Waals surface area (Å²) < 4.78 is 44.5. The maximum absolute atomic E-state index is 13.1. The number of rotatable bonds is 6. The first-order valence-corrected chi connectivity index (χ1v) is 7.19. The molecule has 0 radical (unpaired) electrons. The predicted octanol–water partition coefficient (Wildman–Crippen LogP) is 3.88. The molecule has 0 aliphatic heterocycles. The molecule has 3 N–H and O–H groups in total.